The van der Waals surface area contributed by atoms with Crippen LogP contribution in [0.5, 0.6) is 5.75 Å². The van der Waals surface area contributed by atoms with Gasteiger partial charge in [0.15, 0.2) is 0 Å². The monoisotopic (exact) mass is 347 g/mol. The van der Waals surface area contributed by atoms with Crippen LogP contribution >= 0.6 is 0 Å². The number of amides is 1. The third kappa shape index (κ3) is 4.71. The van der Waals surface area contributed by atoms with Crippen molar-refractivity contribution in [3.05, 3.63) is 29.8 Å². The molecule has 6 heteroatoms. The Morgan fingerprint density at radius 1 is 1.12 bits per heavy atom. The van der Waals surface area contributed by atoms with Gasteiger partial charge in [0.25, 0.3) is 0 Å². The van der Waals surface area contributed by atoms with Crippen molar-refractivity contribution in [2.45, 2.75) is 19.6 Å². The molecule has 1 amide bonds. The van der Waals surface area contributed by atoms with Crippen molar-refractivity contribution in [2.75, 3.05) is 59.5 Å². The molecule has 2 aliphatic heterocycles. The average Bonchev–Trinajstić information content (AvgIpc) is 2.61. The largest absolute Gasteiger partial charge is 0.497 e. The number of methoxy groups -OCH3 is 1. The number of likely N-dealkylation sites (N-methyl/N-ethyl adjacent to an activating group) is 1. The minimum absolute atomic E-state index is 0.0944. The molecule has 0 unspecified atom stereocenters. The van der Waals surface area contributed by atoms with Gasteiger partial charge < -0.3 is 19.3 Å². The predicted octanol–water partition coefficient (Wildman–Crippen LogP) is 1.06. The average molecular weight is 347 g/mol. The molecule has 3 rings (SSSR count). The van der Waals surface area contributed by atoms with Gasteiger partial charge in [0.1, 0.15) is 12.4 Å². The van der Waals surface area contributed by atoms with Crippen LogP contribution in [0, 0.1) is 0 Å². The highest BCUT2D eigenvalue weighted by atomic mass is 16.5. The second-order valence-electron chi connectivity index (χ2n) is 6.76. The second-order valence-corrected chi connectivity index (χ2v) is 6.76. The van der Waals surface area contributed by atoms with Crippen molar-refractivity contribution in [3.8, 4) is 5.75 Å². The van der Waals surface area contributed by atoms with Crippen LogP contribution < -0.4 is 4.74 Å². The lowest BCUT2D eigenvalue weighted by atomic mass is 10.1. The first-order chi connectivity index (χ1) is 12.2. The van der Waals surface area contributed by atoms with Gasteiger partial charge in [-0.05, 0) is 24.2 Å². The van der Waals surface area contributed by atoms with Gasteiger partial charge in [-0.2, -0.15) is 0 Å². The maximum Gasteiger partial charge on any atom is 0.248 e. The van der Waals surface area contributed by atoms with Crippen LogP contribution in [0.15, 0.2) is 24.3 Å². The van der Waals surface area contributed by atoms with E-state index in [-0.39, 0.29) is 12.5 Å². The SMILES string of the molecule is CCN1CCN(C2CN(C(=O)COCc3ccc(OC)cc3)C2)CC1. The van der Waals surface area contributed by atoms with E-state index >= 15 is 0 Å². The fraction of sp³-hybridized carbons (Fsp3) is 0.632. The highest BCUT2D eigenvalue weighted by Crippen LogP contribution is 2.17. The van der Waals surface area contributed by atoms with Crippen LogP contribution in [0.1, 0.15) is 12.5 Å². The molecular weight excluding hydrogens is 318 g/mol. The summed E-state index contributed by atoms with van der Waals surface area (Å²) in [6.45, 7) is 10.2. The van der Waals surface area contributed by atoms with E-state index in [2.05, 4.69) is 16.7 Å². The number of ether oxygens (including phenoxy) is 2. The summed E-state index contributed by atoms with van der Waals surface area (Å²) in [5.41, 5.74) is 1.05. The Labute approximate surface area is 150 Å². The topological polar surface area (TPSA) is 45.2 Å². The summed E-state index contributed by atoms with van der Waals surface area (Å²) in [5, 5.41) is 0. The van der Waals surface area contributed by atoms with Crippen molar-refractivity contribution in [1.82, 2.24) is 14.7 Å². The summed E-state index contributed by atoms with van der Waals surface area (Å²) in [4.78, 5) is 19.1. The normalized spacial score (nSPS) is 19.7. The summed E-state index contributed by atoms with van der Waals surface area (Å²) in [5.74, 6) is 0.920. The zero-order valence-electron chi connectivity index (χ0n) is 15.3. The van der Waals surface area contributed by atoms with Gasteiger partial charge in [0.05, 0.1) is 13.7 Å². The minimum atomic E-state index is 0.0944. The van der Waals surface area contributed by atoms with Crippen LogP contribution in [0.25, 0.3) is 0 Å². The maximum atomic E-state index is 12.2. The molecule has 2 saturated heterocycles. The van der Waals surface area contributed by atoms with Gasteiger partial charge in [-0.25, -0.2) is 0 Å². The molecule has 6 nitrogen and oxygen atoms in total. The highest BCUT2D eigenvalue weighted by molar-refractivity contribution is 5.78. The smallest absolute Gasteiger partial charge is 0.248 e. The zero-order valence-corrected chi connectivity index (χ0v) is 15.3. The van der Waals surface area contributed by atoms with Crippen molar-refractivity contribution in [2.24, 2.45) is 0 Å². The molecule has 0 spiro atoms. The Morgan fingerprint density at radius 3 is 2.40 bits per heavy atom. The number of rotatable bonds is 7. The van der Waals surface area contributed by atoms with Gasteiger partial charge in [0, 0.05) is 45.3 Å². The molecule has 1 aromatic carbocycles. The molecule has 0 saturated carbocycles. The second kappa shape index (κ2) is 8.65. The zero-order chi connectivity index (χ0) is 17.6. The maximum absolute atomic E-state index is 12.2. The van der Waals surface area contributed by atoms with Crippen LogP contribution in [0.4, 0.5) is 0 Å². The third-order valence-corrected chi connectivity index (χ3v) is 5.24. The number of carbonyl (C=O) groups is 1. The van der Waals surface area contributed by atoms with Gasteiger partial charge in [-0.15, -0.1) is 0 Å². The Kier molecular flexibility index (Phi) is 6.29. The van der Waals surface area contributed by atoms with E-state index in [0.717, 1.165) is 57.1 Å². The van der Waals surface area contributed by atoms with E-state index < -0.39 is 0 Å². The van der Waals surface area contributed by atoms with Crippen molar-refractivity contribution < 1.29 is 14.3 Å². The van der Waals surface area contributed by atoms with Gasteiger partial charge in [-0.1, -0.05) is 19.1 Å². The highest BCUT2D eigenvalue weighted by Gasteiger charge is 2.35. The molecule has 138 valence electrons. The summed E-state index contributed by atoms with van der Waals surface area (Å²) in [6, 6.07) is 8.25. The summed E-state index contributed by atoms with van der Waals surface area (Å²) in [7, 11) is 1.65. The molecule has 0 radical (unpaired) electrons. The number of hydrogen-bond donors (Lipinski definition) is 0. The van der Waals surface area contributed by atoms with Gasteiger partial charge in [0.2, 0.25) is 5.91 Å². The molecular formula is C19H29N3O3. The molecule has 2 heterocycles. The van der Waals surface area contributed by atoms with E-state index in [0.29, 0.717) is 12.6 Å². The Morgan fingerprint density at radius 2 is 1.80 bits per heavy atom. The minimum Gasteiger partial charge on any atom is -0.497 e. The molecule has 1 aromatic rings. The van der Waals surface area contributed by atoms with Crippen molar-refractivity contribution >= 4 is 5.91 Å². The summed E-state index contributed by atoms with van der Waals surface area (Å²) < 4.78 is 10.7. The molecule has 0 bridgehead atoms. The van der Waals surface area contributed by atoms with E-state index in [9.17, 15) is 4.79 Å². The predicted molar refractivity (Wildman–Crippen MR) is 96.7 cm³/mol. The lowest BCUT2D eigenvalue weighted by Crippen LogP contribution is -2.64. The number of nitrogens with zero attached hydrogens (tertiary/aromatic N) is 3. The molecule has 0 aromatic heterocycles. The first-order valence-electron chi connectivity index (χ1n) is 9.14. The van der Waals surface area contributed by atoms with Gasteiger partial charge >= 0.3 is 0 Å². The van der Waals surface area contributed by atoms with E-state index in [1.165, 1.54) is 0 Å². The fourth-order valence-electron chi connectivity index (χ4n) is 3.40. The van der Waals surface area contributed by atoms with E-state index in [4.69, 9.17) is 9.47 Å². The molecule has 0 atom stereocenters. The number of benzene rings is 1. The number of likely N-dealkylation sites (tertiary alicyclic amines) is 1. The standard InChI is InChI=1S/C19H29N3O3/c1-3-20-8-10-21(11-9-20)17-12-22(13-17)19(23)15-25-14-16-4-6-18(24-2)7-5-16/h4-7,17H,3,8-15H2,1-2H3. The third-order valence-electron chi connectivity index (χ3n) is 5.24. The lowest BCUT2D eigenvalue weighted by Gasteiger charge is -2.48. The molecule has 25 heavy (non-hydrogen) atoms. The number of carbonyl (C=O) groups excluding carboxylic acids is 1. The van der Waals surface area contributed by atoms with E-state index in [1.54, 1.807) is 7.11 Å². The Bertz CT molecular complexity index is 550. The molecule has 2 aliphatic rings. The van der Waals surface area contributed by atoms with Crippen molar-refractivity contribution in [1.29, 1.82) is 0 Å². The lowest BCUT2D eigenvalue weighted by molar-refractivity contribution is -0.144. The fourth-order valence-corrected chi connectivity index (χ4v) is 3.40. The number of hydrogen-bond acceptors (Lipinski definition) is 5. The molecule has 0 aliphatic carbocycles. The van der Waals surface area contributed by atoms with E-state index in [1.807, 2.05) is 29.2 Å². The first kappa shape index (κ1) is 18.2. The quantitative estimate of drug-likeness (QED) is 0.738. The molecule has 2 fully saturated rings. The van der Waals surface area contributed by atoms with Crippen LogP contribution in [0.3, 0.4) is 0 Å². The summed E-state index contributed by atoms with van der Waals surface area (Å²) >= 11 is 0. The summed E-state index contributed by atoms with van der Waals surface area (Å²) in [6.07, 6.45) is 0. The van der Waals surface area contributed by atoms with Crippen LogP contribution in [-0.4, -0.2) is 86.2 Å². The van der Waals surface area contributed by atoms with Crippen LogP contribution in [-0.2, 0) is 16.1 Å². The molecule has 0 N–H and O–H groups in total. The first-order valence-corrected chi connectivity index (χ1v) is 9.14. The van der Waals surface area contributed by atoms with Crippen LogP contribution in [0.2, 0.25) is 0 Å². The Balaban J connectivity index is 1.32. The van der Waals surface area contributed by atoms with Crippen molar-refractivity contribution in [3.63, 3.8) is 0 Å². The number of piperazine rings is 1. The Hall–Kier alpha value is -1.63. The van der Waals surface area contributed by atoms with Gasteiger partial charge in [-0.3, -0.25) is 9.69 Å².